The van der Waals surface area contributed by atoms with Crippen molar-refractivity contribution in [3.8, 4) is 0 Å². The molecule has 1 aromatic carbocycles. The van der Waals surface area contributed by atoms with E-state index in [1.807, 2.05) is 0 Å². The first-order chi connectivity index (χ1) is 7.59. The Labute approximate surface area is 92.2 Å². The van der Waals surface area contributed by atoms with Gasteiger partial charge in [-0.05, 0) is 24.3 Å². The van der Waals surface area contributed by atoms with Crippen LogP contribution in [0.15, 0.2) is 24.3 Å². The van der Waals surface area contributed by atoms with Crippen molar-refractivity contribution in [2.45, 2.75) is 12.8 Å². The van der Waals surface area contributed by atoms with Crippen LogP contribution in [-0.2, 0) is 4.74 Å². The highest BCUT2D eigenvalue weighted by atomic mass is 19.3. The Morgan fingerprint density at radius 2 is 1.94 bits per heavy atom. The van der Waals surface area contributed by atoms with Gasteiger partial charge in [0.15, 0.2) is 5.78 Å². The molecule has 0 saturated carbocycles. The normalized spacial score (nSPS) is 10.7. The number of anilines is 1. The number of hydrogen-bond donors (Lipinski definition) is 1. The third-order valence-electron chi connectivity index (χ3n) is 1.95. The van der Waals surface area contributed by atoms with Gasteiger partial charge in [-0.2, -0.15) is 0 Å². The van der Waals surface area contributed by atoms with Gasteiger partial charge in [0.25, 0.3) is 6.43 Å². The monoisotopic (exact) mass is 229 g/mol. The number of rotatable bonds is 6. The lowest BCUT2D eigenvalue weighted by atomic mass is 10.1. The minimum atomic E-state index is -2.49. The van der Waals surface area contributed by atoms with Crippen LogP contribution in [0, 0.1) is 0 Å². The highest BCUT2D eigenvalue weighted by Crippen LogP contribution is 2.08. The molecule has 0 aliphatic rings. The molecule has 0 saturated heterocycles. The summed E-state index contributed by atoms with van der Waals surface area (Å²) < 4.78 is 28.0. The number of ether oxygens (including phenoxy) is 1. The Morgan fingerprint density at radius 3 is 2.50 bits per heavy atom. The van der Waals surface area contributed by atoms with Gasteiger partial charge in [0, 0.05) is 17.7 Å². The maximum absolute atomic E-state index is 11.7. The maximum atomic E-state index is 11.7. The zero-order chi connectivity index (χ0) is 12.0. The van der Waals surface area contributed by atoms with Gasteiger partial charge in [-0.1, -0.05) is 0 Å². The second-order valence-electron chi connectivity index (χ2n) is 3.26. The largest absolute Gasteiger partial charge is 0.399 e. The van der Waals surface area contributed by atoms with Crippen LogP contribution in [0.3, 0.4) is 0 Å². The molecule has 0 amide bonds. The number of ketones is 1. The highest BCUT2D eigenvalue weighted by molar-refractivity contribution is 5.96. The quantitative estimate of drug-likeness (QED) is 0.462. The van der Waals surface area contributed by atoms with Crippen LogP contribution in [0.2, 0.25) is 0 Å². The van der Waals surface area contributed by atoms with Gasteiger partial charge in [-0.15, -0.1) is 0 Å². The first kappa shape index (κ1) is 12.6. The van der Waals surface area contributed by atoms with Crippen LogP contribution in [0.4, 0.5) is 14.5 Å². The molecule has 1 rings (SSSR count). The summed E-state index contributed by atoms with van der Waals surface area (Å²) in [5.41, 5.74) is 6.55. The van der Waals surface area contributed by atoms with Crippen molar-refractivity contribution in [3.63, 3.8) is 0 Å². The van der Waals surface area contributed by atoms with Crippen LogP contribution in [-0.4, -0.2) is 25.4 Å². The molecule has 0 bridgehead atoms. The van der Waals surface area contributed by atoms with E-state index in [2.05, 4.69) is 4.74 Å². The van der Waals surface area contributed by atoms with E-state index in [0.29, 0.717) is 11.3 Å². The molecule has 0 aliphatic carbocycles. The fourth-order valence-electron chi connectivity index (χ4n) is 1.15. The van der Waals surface area contributed by atoms with Crippen molar-refractivity contribution in [1.29, 1.82) is 0 Å². The number of carbonyl (C=O) groups is 1. The second kappa shape index (κ2) is 6.17. The van der Waals surface area contributed by atoms with E-state index in [4.69, 9.17) is 5.73 Å². The topological polar surface area (TPSA) is 52.3 Å². The number of benzene rings is 1. The van der Waals surface area contributed by atoms with E-state index in [0.717, 1.165) is 0 Å². The number of alkyl halides is 2. The molecule has 0 fully saturated rings. The number of nitrogens with two attached hydrogens (primary N) is 1. The minimum Gasteiger partial charge on any atom is -0.399 e. The molecule has 0 heterocycles. The van der Waals surface area contributed by atoms with Crippen molar-refractivity contribution in [3.05, 3.63) is 29.8 Å². The molecule has 0 aromatic heterocycles. The summed E-state index contributed by atoms with van der Waals surface area (Å²) in [6.07, 6.45) is -2.40. The Kier molecular flexibility index (Phi) is 4.85. The lowest BCUT2D eigenvalue weighted by Gasteiger charge is -2.03. The van der Waals surface area contributed by atoms with E-state index in [1.165, 1.54) is 0 Å². The van der Waals surface area contributed by atoms with Crippen molar-refractivity contribution >= 4 is 11.5 Å². The highest BCUT2D eigenvalue weighted by Gasteiger charge is 2.07. The lowest BCUT2D eigenvalue weighted by molar-refractivity contribution is 0.0170. The molecular formula is C11H13F2NO2. The van der Waals surface area contributed by atoms with Crippen LogP contribution in [0.25, 0.3) is 0 Å². The molecule has 5 heteroatoms. The SMILES string of the molecule is Nc1ccc(C(=O)CCOCC(F)F)cc1. The number of Topliss-reactive ketones (excluding diaryl/α,β-unsaturated/α-hetero) is 1. The van der Waals surface area contributed by atoms with Gasteiger partial charge in [0.2, 0.25) is 0 Å². The summed E-state index contributed by atoms with van der Waals surface area (Å²) in [4.78, 5) is 11.5. The smallest absolute Gasteiger partial charge is 0.261 e. The molecule has 0 spiro atoms. The predicted molar refractivity (Wildman–Crippen MR) is 56.6 cm³/mol. The van der Waals surface area contributed by atoms with Crippen LogP contribution >= 0.6 is 0 Å². The molecule has 88 valence electrons. The maximum Gasteiger partial charge on any atom is 0.261 e. The zero-order valence-electron chi connectivity index (χ0n) is 8.66. The molecule has 3 nitrogen and oxygen atoms in total. The fourth-order valence-corrected chi connectivity index (χ4v) is 1.15. The Bertz CT molecular complexity index is 338. The van der Waals surface area contributed by atoms with Crippen LogP contribution in [0.5, 0.6) is 0 Å². The average molecular weight is 229 g/mol. The Balaban J connectivity index is 2.32. The summed E-state index contributed by atoms with van der Waals surface area (Å²) in [6, 6.07) is 6.44. The summed E-state index contributed by atoms with van der Waals surface area (Å²) in [6.45, 7) is -0.622. The number of hydrogen-bond acceptors (Lipinski definition) is 3. The number of halogens is 2. The van der Waals surface area contributed by atoms with Crippen molar-refractivity contribution in [2.75, 3.05) is 18.9 Å². The molecule has 0 aliphatic heterocycles. The first-order valence-electron chi connectivity index (χ1n) is 4.84. The fraction of sp³-hybridized carbons (Fsp3) is 0.364. The standard InChI is InChI=1S/C11H13F2NO2/c12-11(13)7-16-6-5-10(15)8-1-3-9(14)4-2-8/h1-4,11H,5-7,14H2. The molecular weight excluding hydrogens is 216 g/mol. The summed E-state index contributed by atoms with van der Waals surface area (Å²) in [7, 11) is 0. The van der Waals surface area contributed by atoms with Crippen LogP contribution < -0.4 is 5.73 Å². The second-order valence-corrected chi connectivity index (χ2v) is 3.26. The van der Waals surface area contributed by atoms with Crippen molar-refractivity contribution < 1.29 is 18.3 Å². The van der Waals surface area contributed by atoms with Gasteiger partial charge < -0.3 is 10.5 Å². The Hall–Kier alpha value is -1.49. The number of carbonyl (C=O) groups excluding carboxylic acids is 1. The van der Waals surface area contributed by atoms with E-state index in [-0.39, 0.29) is 18.8 Å². The third kappa shape index (κ3) is 4.35. The van der Waals surface area contributed by atoms with Gasteiger partial charge in [-0.3, -0.25) is 4.79 Å². The number of nitrogen functional groups attached to an aromatic ring is 1. The van der Waals surface area contributed by atoms with Crippen LogP contribution in [0.1, 0.15) is 16.8 Å². The average Bonchev–Trinajstić information content (AvgIpc) is 2.25. The van der Waals surface area contributed by atoms with E-state index in [1.54, 1.807) is 24.3 Å². The van der Waals surface area contributed by atoms with Gasteiger partial charge in [0.1, 0.15) is 6.61 Å². The zero-order valence-corrected chi connectivity index (χ0v) is 8.66. The minimum absolute atomic E-state index is 0.00749. The summed E-state index contributed by atoms with van der Waals surface area (Å²) in [5, 5.41) is 0. The molecule has 0 unspecified atom stereocenters. The van der Waals surface area contributed by atoms with E-state index in [9.17, 15) is 13.6 Å². The van der Waals surface area contributed by atoms with Crippen molar-refractivity contribution in [2.24, 2.45) is 0 Å². The van der Waals surface area contributed by atoms with E-state index >= 15 is 0 Å². The van der Waals surface area contributed by atoms with Gasteiger partial charge in [-0.25, -0.2) is 8.78 Å². The Morgan fingerprint density at radius 1 is 1.31 bits per heavy atom. The van der Waals surface area contributed by atoms with E-state index < -0.39 is 13.0 Å². The van der Waals surface area contributed by atoms with Crippen molar-refractivity contribution in [1.82, 2.24) is 0 Å². The molecule has 0 atom stereocenters. The van der Waals surface area contributed by atoms with Gasteiger partial charge in [0.05, 0.1) is 6.61 Å². The summed E-state index contributed by atoms with van der Waals surface area (Å²) in [5.74, 6) is -0.144. The molecule has 2 N–H and O–H groups in total. The molecule has 1 aromatic rings. The first-order valence-corrected chi connectivity index (χ1v) is 4.84. The third-order valence-corrected chi connectivity index (χ3v) is 1.95. The molecule has 0 radical (unpaired) electrons. The summed E-state index contributed by atoms with van der Waals surface area (Å²) >= 11 is 0. The lowest BCUT2D eigenvalue weighted by Crippen LogP contribution is -2.09. The van der Waals surface area contributed by atoms with Gasteiger partial charge >= 0.3 is 0 Å². The molecule has 16 heavy (non-hydrogen) atoms. The predicted octanol–water partition coefficient (Wildman–Crippen LogP) is 2.12.